The lowest BCUT2D eigenvalue weighted by atomic mass is 10.1. The maximum atomic E-state index is 14.6. The summed E-state index contributed by atoms with van der Waals surface area (Å²) in [6.07, 6.45) is 3.24. The van der Waals surface area contributed by atoms with Crippen molar-refractivity contribution < 1.29 is 9.18 Å². The molecule has 0 radical (unpaired) electrons. The van der Waals surface area contributed by atoms with Crippen LogP contribution in [0.1, 0.15) is 24.2 Å². The summed E-state index contributed by atoms with van der Waals surface area (Å²) in [5, 5.41) is 6.92. The van der Waals surface area contributed by atoms with E-state index in [4.69, 9.17) is 0 Å². The van der Waals surface area contributed by atoms with Gasteiger partial charge in [-0.15, -0.1) is 0 Å². The van der Waals surface area contributed by atoms with Crippen LogP contribution in [-0.2, 0) is 0 Å². The van der Waals surface area contributed by atoms with E-state index in [0.29, 0.717) is 23.7 Å². The fraction of sp³-hybridized carbons (Fsp3) is 0.240. The third kappa shape index (κ3) is 5.35. The van der Waals surface area contributed by atoms with Crippen molar-refractivity contribution in [3.63, 3.8) is 0 Å². The lowest BCUT2D eigenvalue weighted by molar-refractivity contribution is 0.0945. The summed E-state index contributed by atoms with van der Waals surface area (Å²) in [7, 11) is 0. The van der Waals surface area contributed by atoms with Crippen molar-refractivity contribution in [3.05, 3.63) is 72.3 Å². The van der Waals surface area contributed by atoms with Crippen LogP contribution in [0.15, 0.2) is 60.9 Å². The number of nitrogens with one attached hydrogen (secondary N) is 3. The Kier molecular flexibility index (Phi) is 6.95. The Hall–Kier alpha value is -3.78. The van der Waals surface area contributed by atoms with Gasteiger partial charge >= 0.3 is 0 Å². The number of H-pyrrole nitrogens is 1. The van der Waals surface area contributed by atoms with E-state index in [2.05, 4.69) is 44.3 Å². The Bertz CT molecular complexity index is 1220. The third-order valence-corrected chi connectivity index (χ3v) is 5.53. The molecule has 33 heavy (non-hydrogen) atoms. The first-order valence-corrected chi connectivity index (χ1v) is 11.0. The van der Waals surface area contributed by atoms with Crippen molar-refractivity contribution in [3.8, 4) is 11.4 Å². The van der Waals surface area contributed by atoms with E-state index in [9.17, 15) is 9.18 Å². The van der Waals surface area contributed by atoms with E-state index in [-0.39, 0.29) is 5.56 Å². The topological polar surface area (TPSA) is 85.9 Å². The van der Waals surface area contributed by atoms with Gasteiger partial charge in [-0.25, -0.2) is 9.37 Å². The standard InChI is InChI=1S/C25H27FN6O/c1-3-32(4-2)12-11-28-25(33)19-10-9-18(14-20(19)26)29-24-16-27-15-23(31-24)22-13-17-7-5-6-8-21(17)30-22/h5-10,13-16,30H,3-4,11-12H2,1-2H3,(H,28,33)(H,29,31). The monoisotopic (exact) mass is 446 g/mol. The smallest absolute Gasteiger partial charge is 0.254 e. The van der Waals surface area contributed by atoms with Crippen LogP contribution in [0.5, 0.6) is 0 Å². The van der Waals surface area contributed by atoms with E-state index in [1.54, 1.807) is 18.5 Å². The summed E-state index contributed by atoms with van der Waals surface area (Å²) in [6.45, 7) is 7.15. The largest absolute Gasteiger partial charge is 0.353 e. The fourth-order valence-corrected chi connectivity index (χ4v) is 3.65. The summed E-state index contributed by atoms with van der Waals surface area (Å²) in [4.78, 5) is 26.7. The summed E-state index contributed by atoms with van der Waals surface area (Å²) in [6, 6.07) is 14.4. The predicted octanol–water partition coefficient (Wildman–Crippen LogP) is 4.58. The fourth-order valence-electron chi connectivity index (χ4n) is 3.65. The average Bonchev–Trinajstić information content (AvgIpc) is 3.26. The molecule has 4 rings (SSSR count). The van der Waals surface area contributed by atoms with Crippen molar-refractivity contribution in [2.45, 2.75) is 13.8 Å². The maximum absolute atomic E-state index is 14.6. The summed E-state index contributed by atoms with van der Waals surface area (Å²) >= 11 is 0. The van der Waals surface area contributed by atoms with E-state index in [0.717, 1.165) is 36.2 Å². The first kappa shape index (κ1) is 22.4. The van der Waals surface area contributed by atoms with Gasteiger partial charge in [0.05, 0.1) is 23.7 Å². The minimum atomic E-state index is -0.597. The van der Waals surface area contributed by atoms with Gasteiger partial charge in [0.1, 0.15) is 17.3 Å². The highest BCUT2D eigenvalue weighted by Gasteiger charge is 2.13. The number of aromatic amines is 1. The number of aromatic nitrogens is 3. The van der Waals surface area contributed by atoms with Crippen LogP contribution in [0, 0.1) is 5.82 Å². The molecular formula is C25H27FN6O. The van der Waals surface area contributed by atoms with Crippen molar-refractivity contribution in [1.29, 1.82) is 0 Å². The molecule has 3 N–H and O–H groups in total. The zero-order valence-corrected chi connectivity index (χ0v) is 18.7. The van der Waals surface area contributed by atoms with Gasteiger partial charge in [-0.3, -0.25) is 9.78 Å². The number of carbonyl (C=O) groups excluding carboxylic acids is 1. The molecule has 0 saturated heterocycles. The first-order chi connectivity index (χ1) is 16.1. The lowest BCUT2D eigenvalue weighted by Crippen LogP contribution is -2.35. The number of hydrogen-bond donors (Lipinski definition) is 3. The summed E-state index contributed by atoms with van der Waals surface area (Å²) < 4.78 is 14.6. The van der Waals surface area contributed by atoms with Crippen molar-refractivity contribution in [2.24, 2.45) is 0 Å². The van der Waals surface area contributed by atoms with E-state index in [1.807, 2.05) is 30.3 Å². The Balaban J connectivity index is 1.44. The molecule has 2 aromatic heterocycles. The molecule has 0 saturated carbocycles. The van der Waals surface area contributed by atoms with Gasteiger partial charge in [0.2, 0.25) is 0 Å². The zero-order valence-electron chi connectivity index (χ0n) is 18.7. The number of fused-ring (bicyclic) bond motifs is 1. The van der Waals surface area contributed by atoms with Crippen molar-refractivity contribution in [2.75, 3.05) is 31.5 Å². The Morgan fingerprint density at radius 2 is 1.91 bits per heavy atom. The SMILES string of the molecule is CCN(CC)CCNC(=O)c1ccc(Nc2cncc(-c3cc4ccccc4[nH]3)n2)cc1F. The molecule has 4 aromatic rings. The molecule has 0 bridgehead atoms. The minimum absolute atomic E-state index is 0.0120. The van der Waals surface area contributed by atoms with Gasteiger partial charge < -0.3 is 20.5 Å². The van der Waals surface area contributed by atoms with Gasteiger partial charge in [0.15, 0.2) is 0 Å². The summed E-state index contributed by atoms with van der Waals surface area (Å²) in [5.41, 5.74) is 3.02. The maximum Gasteiger partial charge on any atom is 0.254 e. The lowest BCUT2D eigenvalue weighted by Gasteiger charge is -2.18. The molecule has 0 unspecified atom stereocenters. The molecule has 0 atom stereocenters. The van der Waals surface area contributed by atoms with Crippen LogP contribution >= 0.6 is 0 Å². The van der Waals surface area contributed by atoms with Gasteiger partial charge in [-0.05, 0) is 43.4 Å². The second-order valence-corrected chi connectivity index (χ2v) is 7.66. The second kappa shape index (κ2) is 10.2. The highest BCUT2D eigenvalue weighted by atomic mass is 19.1. The van der Waals surface area contributed by atoms with Gasteiger partial charge in [0.25, 0.3) is 5.91 Å². The number of carbonyl (C=O) groups is 1. The van der Waals surface area contributed by atoms with E-state index < -0.39 is 11.7 Å². The van der Waals surface area contributed by atoms with Crippen molar-refractivity contribution in [1.82, 2.24) is 25.2 Å². The number of anilines is 2. The van der Waals surface area contributed by atoms with Crippen molar-refractivity contribution >= 4 is 28.3 Å². The molecular weight excluding hydrogens is 419 g/mol. The van der Waals surface area contributed by atoms with Crippen LogP contribution in [0.3, 0.4) is 0 Å². The van der Waals surface area contributed by atoms with Gasteiger partial charge in [-0.1, -0.05) is 32.0 Å². The molecule has 8 heteroatoms. The zero-order chi connectivity index (χ0) is 23.2. The second-order valence-electron chi connectivity index (χ2n) is 7.66. The van der Waals surface area contributed by atoms with E-state index in [1.165, 1.54) is 12.1 Å². The molecule has 170 valence electrons. The third-order valence-electron chi connectivity index (χ3n) is 5.53. The summed E-state index contributed by atoms with van der Waals surface area (Å²) in [5.74, 6) is -0.547. The molecule has 0 aliphatic heterocycles. The molecule has 1 amide bonds. The first-order valence-electron chi connectivity index (χ1n) is 11.0. The Morgan fingerprint density at radius 3 is 2.67 bits per heavy atom. The molecule has 0 spiro atoms. The normalized spacial score (nSPS) is 11.2. The number of likely N-dealkylation sites (N-methyl/N-ethyl adjacent to an activating group) is 1. The molecule has 2 aromatic carbocycles. The quantitative estimate of drug-likeness (QED) is 0.350. The van der Waals surface area contributed by atoms with Crippen LogP contribution in [0.2, 0.25) is 0 Å². The van der Waals surface area contributed by atoms with Crippen LogP contribution in [-0.4, -0.2) is 51.9 Å². The number of hydrogen-bond acceptors (Lipinski definition) is 5. The number of benzene rings is 2. The highest BCUT2D eigenvalue weighted by molar-refractivity contribution is 5.95. The number of halogens is 1. The number of amides is 1. The van der Waals surface area contributed by atoms with Crippen LogP contribution < -0.4 is 10.6 Å². The van der Waals surface area contributed by atoms with Gasteiger partial charge in [-0.2, -0.15) is 0 Å². The average molecular weight is 447 g/mol. The Labute approximate surface area is 192 Å². The molecule has 0 aliphatic rings. The number of rotatable bonds is 9. The number of para-hydroxylation sites is 1. The van der Waals surface area contributed by atoms with E-state index >= 15 is 0 Å². The Morgan fingerprint density at radius 1 is 1.09 bits per heavy atom. The molecule has 2 heterocycles. The molecule has 0 fully saturated rings. The van der Waals surface area contributed by atoms with Gasteiger partial charge in [0, 0.05) is 29.7 Å². The number of nitrogens with zero attached hydrogens (tertiary/aromatic N) is 3. The molecule has 7 nitrogen and oxygen atoms in total. The van der Waals surface area contributed by atoms with Crippen LogP contribution in [0.4, 0.5) is 15.9 Å². The minimum Gasteiger partial charge on any atom is -0.353 e. The van der Waals surface area contributed by atoms with Crippen LogP contribution in [0.25, 0.3) is 22.3 Å². The predicted molar refractivity (Wildman–Crippen MR) is 129 cm³/mol. The highest BCUT2D eigenvalue weighted by Crippen LogP contribution is 2.24. The molecule has 0 aliphatic carbocycles.